The molecule has 0 spiro atoms. The molecule has 0 radical (unpaired) electrons. The Morgan fingerprint density at radius 1 is 1.02 bits per heavy atom. The number of carboxylic acids is 1. The Balaban J connectivity index is 1.49. The van der Waals surface area contributed by atoms with E-state index in [9.17, 15) is 19.1 Å². The Labute approximate surface area is 235 Å². The average Bonchev–Trinajstić information content (AvgIpc) is 3.20. The SMILES string of the molecule is CCCCCn1c(O)c(N=NC(=O)Nc2cccc(F)c2)c2cc(SCCCc3ccc(C(=O)O)cc3)ccc21. The van der Waals surface area contributed by atoms with E-state index in [2.05, 4.69) is 22.5 Å². The number of fused-ring (bicyclic) bond motifs is 1. The first-order valence-corrected chi connectivity index (χ1v) is 14.1. The highest BCUT2D eigenvalue weighted by atomic mass is 32.2. The zero-order valence-corrected chi connectivity index (χ0v) is 23.0. The van der Waals surface area contributed by atoms with E-state index in [1.807, 2.05) is 30.3 Å². The molecule has 0 aliphatic heterocycles. The van der Waals surface area contributed by atoms with Gasteiger partial charge >= 0.3 is 12.0 Å². The van der Waals surface area contributed by atoms with Crippen LogP contribution in [-0.2, 0) is 13.0 Å². The van der Waals surface area contributed by atoms with Crippen LogP contribution < -0.4 is 5.32 Å². The number of nitrogens with one attached hydrogen (secondary N) is 1. The molecule has 8 nitrogen and oxygen atoms in total. The van der Waals surface area contributed by atoms with Gasteiger partial charge in [-0.2, -0.15) is 0 Å². The highest BCUT2D eigenvalue weighted by molar-refractivity contribution is 7.99. The third kappa shape index (κ3) is 7.47. The van der Waals surface area contributed by atoms with Gasteiger partial charge in [0, 0.05) is 22.5 Å². The molecule has 0 aliphatic carbocycles. The van der Waals surface area contributed by atoms with E-state index in [1.165, 1.54) is 18.2 Å². The number of aryl methyl sites for hydroxylation is 2. The summed E-state index contributed by atoms with van der Waals surface area (Å²) in [6.07, 6.45) is 4.65. The lowest BCUT2D eigenvalue weighted by Crippen LogP contribution is -2.05. The van der Waals surface area contributed by atoms with Crippen LogP contribution in [-0.4, -0.2) is 32.5 Å². The van der Waals surface area contributed by atoms with Gasteiger partial charge in [0.05, 0.1) is 11.1 Å². The fourth-order valence-electron chi connectivity index (χ4n) is 4.33. The average molecular weight is 563 g/mol. The first-order valence-electron chi connectivity index (χ1n) is 13.1. The maximum absolute atomic E-state index is 13.4. The summed E-state index contributed by atoms with van der Waals surface area (Å²) in [4.78, 5) is 24.4. The molecule has 4 rings (SSSR count). The number of aromatic nitrogens is 1. The van der Waals surface area contributed by atoms with Crippen molar-refractivity contribution in [2.75, 3.05) is 11.1 Å². The van der Waals surface area contributed by atoms with Crippen molar-refractivity contribution >= 4 is 46.0 Å². The van der Waals surface area contributed by atoms with Crippen molar-refractivity contribution in [1.29, 1.82) is 0 Å². The number of unbranched alkanes of at least 4 members (excludes halogenated alkanes) is 2. The number of hydrogen-bond donors (Lipinski definition) is 3. The number of hydrogen-bond acceptors (Lipinski definition) is 5. The number of aromatic hydroxyl groups is 1. The summed E-state index contributed by atoms with van der Waals surface area (Å²) in [7, 11) is 0. The Hall–Kier alpha value is -4.18. The number of nitrogens with zero attached hydrogens (tertiary/aromatic N) is 3. The van der Waals surface area contributed by atoms with E-state index >= 15 is 0 Å². The number of thioether (sulfide) groups is 1. The van der Waals surface area contributed by atoms with Gasteiger partial charge in [0.1, 0.15) is 5.82 Å². The normalized spacial score (nSPS) is 11.3. The molecule has 3 N–H and O–H groups in total. The molecule has 1 heterocycles. The van der Waals surface area contributed by atoms with Crippen molar-refractivity contribution in [1.82, 2.24) is 4.57 Å². The summed E-state index contributed by atoms with van der Waals surface area (Å²) in [5, 5.41) is 31.1. The number of amides is 2. The molecule has 0 saturated carbocycles. The van der Waals surface area contributed by atoms with Crippen molar-refractivity contribution in [2.24, 2.45) is 10.2 Å². The van der Waals surface area contributed by atoms with Crippen molar-refractivity contribution < 1.29 is 24.2 Å². The van der Waals surface area contributed by atoms with E-state index in [0.29, 0.717) is 11.9 Å². The molecule has 3 aromatic carbocycles. The first kappa shape index (κ1) is 28.8. The number of aromatic carboxylic acids is 1. The fraction of sp³-hybridized carbons (Fsp3) is 0.267. The lowest BCUT2D eigenvalue weighted by atomic mass is 10.1. The molecule has 0 aliphatic rings. The van der Waals surface area contributed by atoms with E-state index in [0.717, 1.165) is 53.8 Å². The Morgan fingerprint density at radius 3 is 2.55 bits per heavy atom. The van der Waals surface area contributed by atoms with Crippen LogP contribution in [0.3, 0.4) is 0 Å². The molecule has 10 heteroatoms. The molecule has 0 bridgehead atoms. The van der Waals surface area contributed by atoms with Crippen molar-refractivity contribution in [3.63, 3.8) is 0 Å². The molecular weight excluding hydrogens is 531 g/mol. The number of anilines is 1. The summed E-state index contributed by atoms with van der Waals surface area (Å²) in [6, 6.07) is 17.5. The van der Waals surface area contributed by atoms with Crippen molar-refractivity contribution in [2.45, 2.75) is 50.5 Å². The minimum atomic E-state index is -0.936. The molecule has 0 atom stereocenters. The lowest BCUT2D eigenvalue weighted by molar-refractivity contribution is 0.0697. The van der Waals surface area contributed by atoms with E-state index in [4.69, 9.17) is 5.11 Å². The Kier molecular flexibility index (Phi) is 9.91. The van der Waals surface area contributed by atoms with Crippen molar-refractivity contribution in [3.8, 4) is 5.88 Å². The molecular formula is C30H31FN4O4S. The number of halogens is 1. The maximum atomic E-state index is 13.4. The second-order valence-corrected chi connectivity index (χ2v) is 10.5. The topological polar surface area (TPSA) is 116 Å². The number of carboxylic acid groups (broad SMARTS) is 1. The van der Waals surface area contributed by atoms with Gasteiger partial charge in [-0.15, -0.1) is 16.9 Å². The number of carbonyl (C=O) groups excluding carboxylic acids is 1. The van der Waals surface area contributed by atoms with Crippen LogP contribution in [0.2, 0.25) is 0 Å². The number of azo groups is 1. The third-order valence-corrected chi connectivity index (χ3v) is 7.44. The van der Waals surface area contributed by atoms with E-state index < -0.39 is 17.8 Å². The molecule has 1 aromatic heterocycles. The van der Waals surface area contributed by atoms with Gasteiger partial charge in [0.25, 0.3) is 0 Å². The second-order valence-electron chi connectivity index (χ2n) is 9.30. The van der Waals surface area contributed by atoms with Gasteiger partial charge in [0.2, 0.25) is 5.88 Å². The molecule has 0 fully saturated rings. The predicted octanol–water partition coefficient (Wildman–Crippen LogP) is 8.42. The number of urea groups is 1. The monoisotopic (exact) mass is 562 g/mol. The van der Waals surface area contributed by atoms with Crippen LogP contribution in [0, 0.1) is 5.82 Å². The molecule has 2 amide bonds. The Bertz CT molecular complexity index is 1520. The molecule has 0 unspecified atom stereocenters. The lowest BCUT2D eigenvalue weighted by Gasteiger charge is -2.07. The second kappa shape index (κ2) is 13.7. The molecule has 4 aromatic rings. The van der Waals surface area contributed by atoms with Gasteiger partial charge in [-0.25, -0.2) is 14.0 Å². The molecule has 0 saturated heterocycles. The predicted molar refractivity (Wildman–Crippen MR) is 156 cm³/mol. The fourth-order valence-corrected chi connectivity index (χ4v) is 5.22. The van der Waals surface area contributed by atoms with Crippen LogP contribution in [0.4, 0.5) is 20.6 Å². The van der Waals surface area contributed by atoms with E-state index in [-0.39, 0.29) is 22.8 Å². The minimum absolute atomic E-state index is 0.0552. The number of benzene rings is 3. The Morgan fingerprint density at radius 2 is 1.82 bits per heavy atom. The van der Waals surface area contributed by atoms with Gasteiger partial charge in [-0.1, -0.05) is 43.1 Å². The molecule has 208 valence electrons. The van der Waals surface area contributed by atoms with Crippen LogP contribution >= 0.6 is 11.8 Å². The van der Waals surface area contributed by atoms with Gasteiger partial charge in [-0.05, 0) is 79.1 Å². The number of rotatable bonds is 12. The quantitative estimate of drug-likeness (QED) is 0.0910. The molecule has 40 heavy (non-hydrogen) atoms. The van der Waals surface area contributed by atoms with Crippen LogP contribution in [0.5, 0.6) is 5.88 Å². The van der Waals surface area contributed by atoms with Crippen LogP contribution in [0.1, 0.15) is 48.5 Å². The zero-order valence-electron chi connectivity index (χ0n) is 22.1. The third-order valence-electron chi connectivity index (χ3n) is 6.36. The van der Waals surface area contributed by atoms with Gasteiger partial charge in [0.15, 0.2) is 5.69 Å². The smallest absolute Gasteiger partial charge is 0.364 e. The summed E-state index contributed by atoms with van der Waals surface area (Å²) < 4.78 is 15.2. The zero-order chi connectivity index (χ0) is 28.5. The van der Waals surface area contributed by atoms with Crippen LogP contribution in [0.15, 0.2) is 81.9 Å². The maximum Gasteiger partial charge on any atom is 0.364 e. The van der Waals surface area contributed by atoms with E-state index in [1.54, 1.807) is 34.5 Å². The summed E-state index contributed by atoms with van der Waals surface area (Å²) in [6.45, 7) is 2.72. The summed E-state index contributed by atoms with van der Waals surface area (Å²) in [5.74, 6) is -0.639. The largest absolute Gasteiger partial charge is 0.493 e. The highest BCUT2D eigenvalue weighted by Crippen LogP contribution is 2.41. The summed E-state index contributed by atoms with van der Waals surface area (Å²) in [5.41, 5.74) is 2.62. The van der Waals surface area contributed by atoms with Gasteiger partial charge in [-0.3, -0.25) is 0 Å². The highest BCUT2D eigenvalue weighted by Gasteiger charge is 2.18. The van der Waals surface area contributed by atoms with Gasteiger partial charge < -0.3 is 20.1 Å². The van der Waals surface area contributed by atoms with Crippen molar-refractivity contribution in [3.05, 3.63) is 83.7 Å². The standard InChI is InChI=1S/C30H31FN4O4S/c1-2-3-4-16-35-26-15-14-24(40-17-6-7-20-10-12-21(13-11-20)29(37)38)19-25(26)27(28(35)36)33-34-30(39)32-23-9-5-8-22(31)18-23/h5,8-15,18-19,36H,2-4,6-7,16-17H2,1H3,(H,32,39)(H,37,38). The summed E-state index contributed by atoms with van der Waals surface area (Å²) >= 11 is 1.66. The first-order chi connectivity index (χ1) is 19.4. The van der Waals surface area contributed by atoms with Crippen LogP contribution in [0.25, 0.3) is 10.9 Å². The number of carbonyl (C=O) groups is 2. The minimum Gasteiger partial charge on any atom is -0.493 e.